The van der Waals surface area contributed by atoms with Crippen LogP contribution in [0.2, 0.25) is 0 Å². The van der Waals surface area contributed by atoms with E-state index in [1.165, 1.54) is 4.90 Å². The van der Waals surface area contributed by atoms with Gasteiger partial charge in [-0.1, -0.05) is 6.07 Å². The molecule has 0 saturated heterocycles. The number of anilines is 2. The number of carbonyl (C=O) groups excluding carboxylic acids is 2. The first-order valence-electron chi connectivity index (χ1n) is 6.41. The number of amides is 2. The Morgan fingerprint density at radius 1 is 1.33 bits per heavy atom. The fourth-order valence-electron chi connectivity index (χ4n) is 2.04. The standard InChI is InChI=1S/C15H13N3O3/c1-18-11-8-10(5-6-12(11)21-9-14(18)19)15(20)17-13-4-2-3-7-16-13/h2-8H,9H2,1H3,(H,16,17,20). The third kappa shape index (κ3) is 2.55. The monoisotopic (exact) mass is 283 g/mol. The molecule has 1 aliphatic heterocycles. The summed E-state index contributed by atoms with van der Waals surface area (Å²) in [6, 6.07) is 10.2. The molecule has 1 N–H and O–H groups in total. The van der Waals surface area contributed by atoms with Gasteiger partial charge in [0.25, 0.3) is 11.8 Å². The zero-order valence-corrected chi connectivity index (χ0v) is 11.4. The van der Waals surface area contributed by atoms with Crippen LogP contribution in [0.15, 0.2) is 42.6 Å². The number of hydrogen-bond donors (Lipinski definition) is 1. The molecular formula is C15H13N3O3. The van der Waals surface area contributed by atoms with Gasteiger partial charge in [0.05, 0.1) is 5.69 Å². The fraction of sp³-hybridized carbons (Fsp3) is 0.133. The minimum atomic E-state index is -0.289. The van der Waals surface area contributed by atoms with E-state index in [1.54, 1.807) is 49.6 Å². The molecule has 0 bridgehead atoms. The van der Waals surface area contributed by atoms with E-state index in [1.807, 2.05) is 0 Å². The van der Waals surface area contributed by atoms with Gasteiger partial charge in [-0.05, 0) is 30.3 Å². The Morgan fingerprint density at radius 3 is 2.95 bits per heavy atom. The average Bonchev–Trinajstić information content (AvgIpc) is 2.52. The number of likely N-dealkylation sites (N-methyl/N-ethyl adjacent to an activating group) is 1. The first-order chi connectivity index (χ1) is 10.1. The van der Waals surface area contributed by atoms with E-state index in [2.05, 4.69) is 10.3 Å². The zero-order chi connectivity index (χ0) is 14.8. The van der Waals surface area contributed by atoms with E-state index in [0.29, 0.717) is 22.8 Å². The van der Waals surface area contributed by atoms with Gasteiger partial charge in [-0.2, -0.15) is 0 Å². The smallest absolute Gasteiger partial charge is 0.264 e. The molecule has 1 aromatic carbocycles. The van der Waals surface area contributed by atoms with Crippen LogP contribution in [0.25, 0.3) is 0 Å². The van der Waals surface area contributed by atoms with Crippen molar-refractivity contribution in [3.8, 4) is 5.75 Å². The first-order valence-corrected chi connectivity index (χ1v) is 6.41. The zero-order valence-electron chi connectivity index (χ0n) is 11.4. The summed E-state index contributed by atoms with van der Waals surface area (Å²) in [4.78, 5) is 29.3. The number of rotatable bonds is 2. The van der Waals surface area contributed by atoms with Crippen molar-refractivity contribution in [3.63, 3.8) is 0 Å². The molecule has 0 fully saturated rings. The van der Waals surface area contributed by atoms with Crippen LogP contribution in [0.1, 0.15) is 10.4 Å². The summed E-state index contributed by atoms with van der Waals surface area (Å²) in [5.74, 6) is 0.625. The second-order valence-electron chi connectivity index (χ2n) is 4.59. The molecule has 2 aromatic rings. The molecule has 0 saturated carbocycles. The predicted octanol–water partition coefficient (Wildman–Crippen LogP) is 1.69. The van der Waals surface area contributed by atoms with E-state index in [0.717, 1.165) is 0 Å². The third-order valence-electron chi connectivity index (χ3n) is 3.21. The van der Waals surface area contributed by atoms with Gasteiger partial charge in [-0.25, -0.2) is 4.98 Å². The molecule has 21 heavy (non-hydrogen) atoms. The summed E-state index contributed by atoms with van der Waals surface area (Å²) in [5, 5.41) is 2.70. The van der Waals surface area contributed by atoms with Crippen molar-refractivity contribution in [1.29, 1.82) is 0 Å². The van der Waals surface area contributed by atoms with Gasteiger partial charge in [-0.15, -0.1) is 0 Å². The normalized spacial score (nSPS) is 13.4. The number of aromatic nitrogens is 1. The molecule has 1 aliphatic rings. The van der Waals surface area contributed by atoms with Crippen molar-refractivity contribution in [2.24, 2.45) is 0 Å². The Hall–Kier alpha value is -2.89. The van der Waals surface area contributed by atoms with Crippen molar-refractivity contribution < 1.29 is 14.3 Å². The summed E-state index contributed by atoms with van der Waals surface area (Å²) < 4.78 is 5.32. The van der Waals surface area contributed by atoms with Gasteiger partial charge >= 0.3 is 0 Å². The first kappa shape index (κ1) is 13.1. The fourth-order valence-corrected chi connectivity index (χ4v) is 2.04. The Kier molecular flexibility index (Phi) is 3.27. The summed E-state index contributed by atoms with van der Waals surface area (Å²) in [6.07, 6.45) is 1.60. The molecule has 106 valence electrons. The van der Waals surface area contributed by atoms with Gasteiger partial charge in [-0.3, -0.25) is 9.59 Å². The molecule has 0 aliphatic carbocycles. The van der Waals surface area contributed by atoms with E-state index in [9.17, 15) is 9.59 Å². The van der Waals surface area contributed by atoms with E-state index in [4.69, 9.17) is 4.74 Å². The van der Waals surface area contributed by atoms with Crippen molar-refractivity contribution in [1.82, 2.24) is 4.98 Å². The van der Waals surface area contributed by atoms with Crippen molar-refractivity contribution in [2.75, 3.05) is 23.9 Å². The van der Waals surface area contributed by atoms with E-state index in [-0.39, 0.29) is 18.4 Å². The predicted molar refractivity (Wildman–Crippen MR) is 77.5 cm³/mol. The topological polar surface area (TPSA) is 71.5 Å². The van der Waals surface area contributed by atoms with Crippen LogP contribution in [0, 0.1) is 0 Å². The van der Waals surface area contributed by atoms with E-state index >= 15 is 0 Å². The maximum absolute atomic E-state index is 12.2. The Morgan fingerprint density at radius 2 is 2.19 bits per heavy atom. The highest BCUT2D eigenvalue weighted by Crippen LogP contribution is 2.32. The van der Waals surface area contributed by atoms with Crippen LogP contribution in [-0.4, -0.2) is 30.5 Å². The number of hydrogen-bond acceptors (Lipinski definition) is 4. The number of nitrogens with zero attached hydrogens (tertiary/aromatic N) is 2. The lowest BCUT2D eigenvalue weighted by Gasteiger charge is -2.26. The lowest BCUT2D eigenvalue weighted by Crippen LogP contribution is -2.35. The highest BCUT2D eigenvalue weighted by Gasteiger charge is 2.23. The van der Waals surface area contributed by atoms with Crippen LogP contribution in [0.5, 0.6) is 5.75 Å². The highest BCUT2D eigenvalue weighted by atomic mass is 16.5. The van der Waals surface area contributed by atoms with Crippen LogP contribution in [-0.2, 0) is 4.79 Å². The lowest BCUT2D eigenvalue weighted by atomic mass is 10.1. The highest BCUT2D eigenvalue weighted by molar-refractivity contribution is 6.06. The molecule has 0 spiro atoms. The SMILES string of the molecule is CN1C(=O)COc2ccc(C(=O)Nc3ccccn3)cc21. The molecule has 2 amide bonds. The van der Waals surface area contributed by atoms with Crippen LogP contribution < -0.4 is 15.0 Å². The van der Waals surface area contributed by atoms with Gasteiger partial charge < -0.3 is 15.0 Å². The van der Waals surface area contributed by atoms with Gasteiger partial charge in [0.15, 0.2) is 6.61 Å². The maximum atomic E-state index is 12.2. The quantitative estimate of drug-likeness (QED) is 0.910. The number of benzene rings is 1. The maximum Gasteiger partial charge on any atom is 0.264 e. The largest absolute Gasteiger partial charge is 0.482 e. The molecule has 2 heterocycles. The minimum Gasteiger partial charge on any atom is -0.482 e. The number of pyridine rings is 1. The van der Waals surface area contributed by atoms with Gasteiger partial charge in [0.1, 0.15) is 11.6 Å². The second-order valence-corrected chi connectivity index (χ2v) is 4.59. The lowest BCUT2D eigenvalue weighted by molar-refractivity contribution is -0.120. The molecule has 6 nitrogen and oxygen atoms in total. The molecular weight excluding hydrogens is 270 g/mol. The summed E-state index contributed by atoms with van der Waals surface area (Å²) in [7, 11) is 1.66. The third-order valence-corrected chi connectivity index (χ3v) is 3.21. The molecule has 6 heteroatoms. The number of carbonyl (C=O) groups is 2. The van der Waals surface area contributed by atoms with Crippen molar-refractivity contribution in [3.05, 3.63) is 48.2 Å². The van der Waals surface area contributed by atoms with Crippen molar-refractivity contribution >= 4 is 23.3 Å². The molecule has 3 rings (SSSR count). The number of ether oxygens (including phenoxy) is 1. The minimum absolute atomic E-state index is 0.0168. The summed E-state index contributed by atoms with van der Waals surface area (Å²) in [5.41, 5.74) is 1.02. The van der Waals surface area contributed by atoms with Crippen LogP contribution in [0.3, 0.4) is 0 Å². The number of nitrogens with one attached hydrogen (secondary N) is 1. The van der Waals surface area contributed by atoms with Crippen LogP contribution in [0.4, 0.5) is 11.5 Å². The Labute approximate surface area is 121 Å². The molecule has 0 atom stereocenters. The van der Waals surface area contributed by atoms with Crippen molar-refractivity contribution in [2.45, 2.75) is 0 Å². The molecule has 1 aromatic heterocycles. The number of fused-ring (bicyclic) bond motifs is 1. The summed E-state index contributed by atoms with van der Waals surface area (Å²) in [6.45, 7) is 0.0168. The molecule has 0 unspecified atom stereocenters. The Bertz CT molecular complexity index is 701. The average molecular weight is 283 g/mol. The van der Waals surface area contributed by atoms with Crippen LogP contribution >= 0.6 is 0 Å². The molecule has 0 radical (unpaired) electrons. The Balaban J connectivity index is 1.86. The van der Waals surface area contributed by atoms with Gasteiger partial charge in [0.2, 0.25) is 0 Å². The van der Waals surface area contributed by atoms with E-state index < -0.39 is 0 Å². The second kappa shape index (κ2) is 5.24. The summed E-state index contributed by atoms with van der Waals surface area (Å²) >= 11 is 0. The van der Waals surface area contributed by atoms with Gasteiger partial charge in [0, 0.05) is 18.8 Å².